The van der Waals surface area contributed by atoms with Crippen molar-refractivity contribution >= 4 is 0 Å². The van der Waals surface area contributed by atoms with E-state index in [1.807, 2.05) is 19.9 Å². The highest BCUT2D eigenvalue weighted by atomic mass is 16.5. The van der Waals surface area contributed by atoms with Crippen molar-refractivity contribution in [3.05, 3.63) is 23.8 Å². The summed E-state index contributed by atoms with van der Waals surface area (Å²) < 4.78 is 11.2. The first-order valence-electron chi connectivity index (χ1n) is 7.81. The van der Waals surface area contributed by atoms with Crippen LogP contribution in [0.3, 0.4) is 0 Å². The molecule has 0 spiro atoms. The molecule has 0 amide bonds. The van der Waals surface area contributed by atoms with E-state index in [2.05, 4.69) is 12.1 Å². The van der Waals surface area contributed by atoms with Crippen molar-refractivity contribution < 1.29 is 14.6 Å². The van der Waals surface area contributed by atoms with E-state index in [4.69, 9.17) is 9.47 Å². The quantitative estimate of drug-likeness (QED) is 0.864. The van der Waals surface area contributed by atoms with E-state index in [1.54, 1.807) is 0 Å². The molecule has 0 saturated heterocycles. The van der Waals surface area contributed by atoms with Crippen LogP contribution in [0.1, 0.15) is 45.1 Å². The van der Waals surface area contributed by atoms with Crippen LogP contribution in [0.15, 0.2) is 18.2 Å². The number of rotatable bonds is 6. The third kappa shape index (κ3) is 3.89. The number of aliphatic hydroxyl groups excluding tert-OH is 1. The Labute approximate surface area is 121 Å². The van der Waals surface area contributed by atoms with Crippen molar-refractivity contribution in [1.82, 2.24) is 0 Å². The van der Waals surface area contributed by atoms with Gasteiger partial charge in [0.25, 0.3) is 0 Å². The first-order valence-corrected chi connectivity index (χ1v) is 7.81. The number of aliphatic hydroxyl groups is 1. The Morgan fingerprint density at radius 2 is 1.75 bits per heavy atom. The Balaban J connectivity index is 2.09. The van der Waals surface area contributed by atoms with Crippen molar-refractivity contribution in [2.24, 2.45) is 5.92 Å². The van der Waals surface area contributed by atoms with Gasteiger partial charge in [0, 0.05) is 0 Å². The topological polar surface area (TPSA) is 38.7 Å². The van der Waals surface area contributed by atoms with Crippen LogP contribution in [0.4, 0.5) is 0 Å². The van der Waals surface area contributed by atoms with Gasteiger partial charge in [0.05, 0.1) is 19.3 Å². The van der Waals surface area contributed by atoms with Gasteiger partial charge < -0.3 is 14.6 Å². The van der Waals surface area contributed by atoms with Gasteiger partial charge in [0.15, 0.2) is 11.5 Å². The molecule has 1 aromatic rings. The zero-order valence-electron chi connectivity index (χ0n) is 12.6. The van der Waals surface area contributed by atoms with Gasteiger partial charge in [0.1, 0.15) is 0 Å². The summed E-state index contributed by atoms with van der Waals surface area (Å²) in [6, 6.07) is 6.14. The molecule has 112 valence electrons. The molecule has 2 atom stereocenters. The van der Waals surface area contributed by atoms with Crippen LogP contribution >= 0.6 is 0 Å². The van der Waals surface area contributed by atoms with Crippen molar-refractivity contribution in [2.75, 3.05) is 13.2 Å². The number of hydrogen-bond acceptors (Lipinski definition) is 3. The van der Waals surface area contributed by atoms with E-state index in [1.165, 1.54) is 12.0 Å². The summed E-state index contributed by atoms with van der Waals surface area (Å²) >= 11 is 0. The van der Waals surface area contributed by atoms with Gasteiger partial charge in [-0.15, -0.1) is 0 Å². The van der Waals surface area contributed by atoms with Crippen LogP contribution in [-0.2, 0) is 6.42 Å². The lowest BCUT2D eigenvalue weighted by molar-refractivity contribution is 0.0700. The van der Waals surface area contributed by atoms with Crippen molar-refractivity contribution in [3.8, 4) is 11.5 Å². The molecule has 0 bridgehead atoms. The van der Waals surface area contributed by atoms with Gasteiger partial charge in [-0.1, -0.05) is 18.9 Å². The lowest BCUT2D eigenvalue weighted by Gasteiger charge is -2.27. The fourth-order valence-electron chi connectivity index (χ4n) is 2.95. The summed E-state index contributed by atoms with van der Waals surface area (Å²) in [5.41, 5.74) is 1.22. The molecular formula is C17H26O3. The molecule has 1 aliphatic carbocycles. The molecule has 1 aromatic carbocycles. The Morgan fingerprint density at radius 3 is 2.45 bits per heavy atom. The maximum Gasteiger partial charge on any atom is 0.161 e. The summed E-state index contributed by atoms with van der Waals surface area (Å²) in [6.07, 6.45) is 5.24. The minimum Gasteiger partial charge on any atom is -0.490 e. The molecule has 0 heterocycles. The van der Waals surface area contributed by atoms with Crippen molar-refractivity contribution in [1.29, 1.82) is 0 Å². The average molecular weight is 278 g/mol. The van der Waals surface area contributed by atoms with Gasteiger partial charge in [-0.25, -0.2) is 0 Å². The predicted octanol–water partition coefficient (Wildman–Crippen LogP) is 3.58. The predicted molar refractivity (Wildman–Crippen MR) is 80.4 cm³/mol. The van der Waals surface area contributed by atoms with Gasteiger partial charge in [0.2, 0.25) is 0 Å². The molecular weight excluding hydrogens is 252 g/mol. The summed E-state index contributed by atoms with van der Waals surface area (Å²) in [5, 5.41) is 10.1. The second kappa shape index (κ2) is 7.53. The fraction of sp³-hybridized carbons (Fsp3) is 0.647. The normalized spacial score (nSPS) is 22.6. The molecule has 1 saturated carbocycles. The monoisotopic (exact) mass is 278 g/mol. The minimum absolute atomic E-state index is 0.147. The highest BCUT2D eigenvalue weighted by Crippen LogP contribution is 2.32. The molecule has 2 rings (SSSR count). The second-order valence-electron chi connectivity index (χ2n) is 5.46. The van der Waals surface area contributed by atoms with Gasteiger partial charge in [-0.2, -0.15) is 0 Å². The van der Waals surface area contributed by atoms with Gasteiger partial charge in [-0.3, -0.25) is 0 Å². The van der Waals surface area contributed by atoms with Gasteiger partial charge >= 0.3 is 0 Å². The molecule has 3 heteroatoms. The van der Waals surface area contributed by atoms with Crippen LogP contribution in [0.25, 0.3) is 0 Å². The number of hydrogen-bond donors (Lipinski definition) is 1. The first kappa shape index (κ1) is 15.2. The third-order valence-electron chi connectivity index (χ3n) is 3.97. The lowest BCUT2D eigenvalue weighted by atomic mass is 9.82. The molecule has 1 aliphatic rings. The van der Waals surface area contributed by atoms with Crippen molar-refractivity contribution in [3.63, 3.8) is 0 Å². The van der Waals surface area contributed by atoms with E-state index >= 15 is 0 Å². The molecule has 3 nitrogen and oxygen atoms in total. The average Bonchev–Trinajstić information content (AvgIpc) is 2.45. The second-order valence-corrected chi connectivity index (χ2v) is 5.46. The zero-order chi connectivity index (χ0) is 14.4. The van der Waals surface area contributed by atoms with E-state index in [0.29, 0.717) is 19.1 Å². The first-order chi connectivity index (χ1) is 9.74. The molecule has 1 fully saturated rings. The van der Waals surface area contributed by atoms with Crippen LogP contribution in [0, 0.1) is 5.92 Å². The zero-order valence-corrected chi connectivity index (χ0v) is 12.6. The largest absolute Gasteiger partial charge is 0.490 e. The SMILES string of the molecule is CCOc1ccc(CC2CCCCC2O)cc1OCC. The molecule has 1 N–H and O–H groups in total. The molecule has 20 heavy (non-hydrogen) atoms. The number of benzene rings is 1. The molecule has 0 radical (unpaired) electrons. The molecule has 0 aromatic heterocycles. The van der Waals surface area contributed by atoms with E-state index in [9.17, 15) is 5.11 Å². The fourth-order valence-corrected chi connectivity index (χ4v) is 2.95. The molecule has 2 unspecified atom stereocenters. The highest BCUT2D eigenvalue weighted by Gasteiger charge is 2.23. The Bertz CT molecular complexity index is 417. The van der Waals surface area contributed by atoms with Crippen LogP contribution in [0.5, 0.6) is 11.5 Å². The summed E-state index contributed by atoms with van der Waals surface area (Å²) in [5.74, 6) is 2.01. The standard InChI is InChI=1S/C17H26O3/c1-3-19-16-10-9-13(12-17(16)20-4-2)11-14-7-5-6-8-15(14)18/h9-10,12,14-15,18H,3-8,11H2,1-2H3. The van der Waals surface area contributed by atoms with Gasteiger partial charge in [-0.05, 0) is 56.7 Å². The smallest absolute Gasteiger partial charge is 0.161 e. The highest BCUT2D eigenvalue weighted by molar-refractivity contribution is 5.43. The van der Waals surface area contributed by atoms with E-state index in [0.717, 1.165) is 37.2 Å². The summed E-state index contributed by atoms with van der Waals surface area (Å²) in [4.78, 5) is 0. The lowest BCUT2D eigenvalue weighted by Crippen LogP contribution is -2.26. The Hall–Kier alpha value is -1.22. The third-order valence-corrected chi connectivity index (χ3v) is 3.97. The van der Waals surface area contributed by atoms with E-state index < -0.39 is 0 Å². The summed E-state index contributed by atoms with van der Waals surface area (Å²) in [6.45, 7) is 5.23. The van der Waals surface area contributed by atoms with Crippen LogP contribution < -0.4 is 9.47 Å². The minimum atomic E-state index is -0.147. The molecule has 0 aliphatic heterocycles. The number of ether oxygens (including phenoxy) is 2. The van der Waals surface area contributed by atoms with E-state index in [-0.39, 0.29) is 6.10 Å². The van der Waals surface area contributed by atoms with Crippen LogP contribution in [-0.4, -0.2) is 24.4 Å². The summed E-state index contributed by atoms with van der Waals surface area (Å²) in [7, 11) is 0. The Morgan fingerprint density at radius 1 is 1.05 bits per heavy atom. The Kier molecular flexibility index (Phi) is 5.72. The van der Waals surface area contributed by atoms with Crippen LogP contribution in [0.2, 0.25) is 0 Å². The maximum atomic E-state index is 10.1. The maximum absolute atomic E-state index is 10.1. The van der Waals surface area contributed by atoms with Crippen molar-refractivity contribution in [2.45, 2.75) is 52.1 Å².